The molecule has 0 unspecified atom stereocenters. The van der Waals surface area contributed by atoms with E-state index >= 15 is 0 Å². The zero-order chi connectivity index (χ0) is 32.6. The fourth-order valence-electron chi connectivity index (χ4n) is 3.27. The highest BCUT2D eigenvalue weighted by atomic mass is 16.6. The molecule has 0 radical (unpaired) electrons. The second kappa shape index (κ2) is 22.7. The quantitative estimate of drug-likeness (QED) is 0.103. The van der Waals surface area contributed by atoms with Gasteiger partial charge in [-0.1, -0.05) is 30.3 Å². The summed E-state index contributed by atoms with van der Waals surface area (Å²) >= 11 is 0. The Morgan fingerprint density at radius 2 is 1.23 bits per heavy atom. The van der Waals surface area contributed by atoms with E-state index in [1.807, 2.05) is 0 Å². The van der Waals surface area contributed by atoms with E-state index in [-0.39, 0.29) is 32.6 Å². The summed E-state index contributed by atoms with van der Waals surface area (Å²) in [5, 5.41) is 19.1. The van der Waals surface area contributed by atoms with Gasteiger partial charge in [-0.3, -0.25) is 14.4 Å². The van der Waals surface area contributed by atoms with Crippen LogP contribution >= 0.6 is 0 Å². The molecule has 0 aliphatic carbocycles. The number of carboxylic acids is 1. The molecule has 44 heavy (non-hydrogen) atoms. The molecule has 0 aromatic heterocycles. The van der Waals surface area contributed by atoms with Gasteiger partial charge in [0, 0.05) is 19.4 Å². The second-order valence-electron chi connectivity index (χ2n) is 10.3. The summed E-state index contributed by atoms with van der Waals surface area (Å²) < 4.78 is 26.5. The number of amides is 4. The predicted octanol–water partition coefficient (Wildman–Crippen LogP) is 0.0121. The SMILES string of the molecule is CC(C)(C)OC(=O)NCCOCCOCCOCCOCCC(=O)NCC(=O)NCC(=O)N[C@@H](Cc1ccccc1)C(=O)O. The lowest BCUT2D eigenvalue weighted by Crippen LogP contribution is -2.47. The molecule has 0 saturated heterocycles. The maximum absolute atomic E-state index is 12.1. The van der Waals surface area contributed by atoms with E-state index in [0.29, 0.717) is 46.2 Å². The topological polar surface area (TPSA) is 200 Å². The molecule has 0 heterocycles. The van der Waals surface area contributed by atoms with Crippen LogP contribution < -0.4 is 21.3 Å². The Labute approximate surface area is 257 Å². The third kappa shape index (κ3) is 21.8. The lowest BCUT2D eigenvalue weighted by molar-refractivity contribution is -0.141. The van der Waals surface area contributed by atoms with Crippen molar-refractivity contribution >= 4 is 29.8 Å². The number of aliphatic carboxylic acids is 1. The van der Waals surface area contributed by atoms with Gasteiger partial charge in [0.05, 0.1) is 65.9 Å². The largest absolute Gasteiger partial charge is 0.480 e. The van der Waals surface area contributed by atoms with Crippen molar-refractivity contribution in [1.29, 1.82) is 0 Å². The van der Waals surface area contributed by atoms with Gasteiger partial charge in [0.15, 0.2) is 0 Å². The summed E-state index contributed by atoms with van der Waals surface area (Å²) in [4.78, 5) is 58.8. The molecule has 5 N–H and O–H groups in total. The van der Waals surface area contributed by atoms with Crippen LogP contribution in [0.5, 0.6) is 0 Å². The van der Waals surface area contributed by atoms with Crippen LogP contribution in [0, 0.1) is 0 Å². The van der Waals surface area contributed by atoms with Crippen LogP contribution in [0.4, 0.5) is 4.79 Å². The van der Waals surface area contributed by atoms with E-state index in [0.717, 1.165) is 5.56 Å². The first kappa shape index (κ1) is 38.2. The van der Waals surface area contributed by atoms with Gasteiger partial charge in [0.2, 0.25) is 17.7 Å². The summed E-state index contributed by atoms with van der Waals surface area (Å²) in [5.41, 5.74) is 0.203. The molecule has 15 heteroatoms. The number of ether oxygens (including phenoxy) is 5. The Morgan fingerprint density at radius 1 is 0.705 bits per heavy atom. The number of hydrogen-bond donors (Lipinski definition) is 5. The van der Waals surface area contributed by atoms with E-state index in [1.165, 1.54) is 0 Å². The van der Waals surface area contributed by atoms with Crippen molar-refractivity contribution in [3.05, 3.63) is 35.9 Å². The van der Waals surface area contributed by atoms with Gasteiger partial charge >= 0.3 is 12.1 Å². The normalized spacial score (nSPS) is 11.7. The monoisotopic (exact) mass is 626 g/mol. The van der Waals surface area contributed by atoms with Crippen molar-refractivity contribution in [1.82, 2.24) is 21.3 Å². The third-order valence-corrected chi connectivity index (χ3v) is 5.31. The molecule has 0 saturated carbocycles. The summed E-state index contributed by atoms with van der Waals surface area (Å²) in [6.45, 7) is 7.50. The average molecular weight is 627 g/mol. The minimum atomic E-state index is -1.19. The van der Waals surface area contributed by atoms with E-state index in [2.05, 4.69) is 21.3 Å². The number of alkyl carbamates (subject to hydrolysis) is 1. The molecule has 1 aromatic rings. The Kier molecular flexibility index (Phi) is 19.7. The number of carbonyl (C=O) groups is 5. The number of carbonyl (C=O) groups excluding carboxylic acids is 4. The lowest BCUT2D eigenvalue weighted by atomic mass is 10.1. The van der Waals surface area contributed by atoms with Crippen LogP contribution in [0.25, 0.3) is 0 Å². The first-order chi connectivity index (χ1) is 21.0. The van der Waals surface area contributed by atoms with Crippen LogP contribution in [0.3, 0.4) is 0 Å². The number of benzene rings is 1. The summed E-state index contributed by atoms with van der Waals surface area (Å²) in [6.07, 6.45) is -0.356. The van der Waals surface area contributed by atoms with Gasteiger partial charge in [0.25, 0.3) is 0 Å². The van der Waals surface area contributed by atoms with Gasteiger partial charge in [0.1, 0.15) is 11.6 Å². The minimum Gasteiger partial charge on any atom is -0.480 e. The molecule has 0 spiro atoms. The van der Waals surface area contributed by atoms with Crippen molar-refractivity contribution in [2.75, 3.05) is 72.5 Å². The van der Waals surface area contributed by atoms with Crippen molar-refractivity contribution in [3.8, 4) is 0 Å². The summed E-state index contributed by atoms with van der Waals surface area (Å²) in [7, 11) is 0. The third-order valence-electron chi connectivity index (χ3n) is 5.31. The fourth-order valence-corrected chi connectivity index (χ4v) is 3.27. The fraction of sp³-hybridized carbons (Fsp3) is 0.621. The molecular weight excluding hydrogens is 580 g/mol. The highest BCUT2D eigenvalue weighted by Crippen LogP contribution is 2.06. The lowest BCUT2D eigenvalue weighted by Gasteiger charge is -2.19. The maximum atomic E-state index is 12.1. The molecule has 4 amide bonds. The van der Waals surface area contributed by atoms with Gasteiger partial charge < -0.3 is 50.1 Å². The van der Waals surface area contributed by atoms with Gasteiger partial charge in [-0.05, 0) is 26.3 Å². The van der Waals surface area contributed by atoms with E-state index in [1.54, 1.807) is 51.1 Å². The Bertz CT molecular complexity index is 1000. The van der Waals surface area contributed by atoms with Crippen LogP contribution in [0.1, 0.15) is 32.8 Å². The van der Waals surface area contributed by atoms with Crippen LogP contribution in [-0.4, -0.2) is 119 Å². The van der Waals surface area contributed by atoms with Crippen LogP contribution in [0.15, 0.2) is 30.3 Å². The molecule has 0 aliphatic heterocycles. The Balaban J connectivity index is 1.94. The smallest absolute Gasteiger partial charge is 0.407 e. The van der Waals surface area contributed by atoms with Gasteiger partial charge in [-0.2, -0.15) is 0 Å². The second-order valence-corrected chi connectivity index (χ2v) is 10.3. The van der Waals surface area contributed by atoms with Crippen LogP contribution in [-0.2, 0) is 49.3 Å². The molecule has 15 nitrogen and oxygen atoms in total. The number of nitrogens with one attached hydrogen (secondary N) is 4. The molecule has 1 rings (SSSR count). The summed E-state index contributed by atoms with van der Waals surface area (Å²) in [5.74, 6) is -2.85. The highest BCUT2D eigenvalue weighted by Gasteiger charge is 2.20. The molecule has 0 aliphatic rings. The molecule has 1 atom stereocenters. The zero-order valence-electron chi connectivity index (χ0n) is 25.7. The van der Waals surface area contributed by atoms with Crippen molar-refractivity contribution in [3.63, 3.8) is 0 Å². The van der Waals surface area contributed by atoms with E-state index < -0.39 is 48.0 Å². The number of rotatable bonds is 23. The van der Waals surface area contributed by atoms with Crippen molar-refractivity contribution in [2.24, 2.45) is 0 Å². The molecule has 0 fully saturated rings. The molecule has 1 aromatic carbocycles. The molecule has 0 bridgehead atoms. The Morgan fingerprint density at radius 3 is 1.80 bits per heavy atom. The first-order valence-corrected chi connectivity index (χ1v) is 14.3. The Hall–Kier alpha value is -3.79. The summed E-state index contributed by atoms with van der Waals surface area (Å²) in [6, 6.07) is 7.70. The van der Waals surface area contributed by atoms with E-state index in [9.17, 15) is 29.1 Å². The number of carboxylic acid groups (broad SMARTS) is 1. The maximum Gasteiger partial charge on any atom is 0.407 e. The molecular formula is C29H46N4O11. The van der Waals surface area contributed by atoms with Gasteiger partial charge in [-0.15, -0.1) is 0 Å². The molecule has 248 valence electrons. The van der Waals surface area contributed by atoms with Crippen LogP contribution in [0.2, 0.25) is 0 Å². The minimum absolute atomic E-state index is 0.0317. The first-order valence-electron chi connectivity index (χ1n) is 14.3. The predicted molar refractivity (Wildman–Crippen MR) is 158 cm³/mol. The van der Waals surface area contributed by atoms with Crippen molar-refractivity contribution in [2.45, 2.75) is 45.3 Å². The highest BCUT2D eigenvalue weighted by molar-refractivity contribution is 5.89. The van der Waals surface area contributed by atoms with E-state index in [4.69, 9.17) is 23.7 Å². The number of hydrogen-bond acceptors (Lipinski definition) is 10. The zero-order valence-corrected chi connectivity index (χ0v) is 25.7. The standard InChI is InChI=1S/C29H46N4O11/c1-29(2,3)44-28(39)30-10-12-41-14-16-43-18-17-42-15-13-40-11-9-24(34)31-20-25(35)32-21-26(36)33-23(27(37)38)19-22-7-5-4-6-8-22/h4-8,23H,9-21H2,1-3H3,(H,30,39)(H,31,34)(H,32,35)(H,33,36)(H,37,38)/t23-/m0/s1. The average Bonchev–Trinajstić information content (AvgIpc) is 2.96. The van der Waals surface area contributed by atoms with Crippen molar-refractivity contribution < 1.29 is 52.8 Å². The van der Waals surface area contributed by atoms with Gasteiger partial charge in [-0.25, -0.2) is 9.59 Å².